The highest BCUT2D eigenvalue weighted by Crippen LogP contribution is 2.33. The van der Waals surface area contributed by atoms with Crippen LogP contribution in [-0.2, 0) is 6.42 Å². The molecule has 0 bridgehead atoms. The molecule has 0 aliphatic rings. The molecule has 0 N–H and O–H groups in total. The molecule has 1 heterocycles. The van der Waals surface area contributed by atoms with Gasteiger partial charge in [0.2, 0.25) is 5.89 Å². The van der Waals surface area contributed by atoms with Gasteiger partial charge in [0.1, 0.15) is 0 Å². The predicted molar refractivity (Wildman–Crippen MR) is 108 cm³/mol. The van der Waals surface area contributed by atoms with Gasteiger partial charge in [-0.3, -0.25) is 4.79 Å². The Balaban J connectivity index is 1.72. The van der Waals surface area contributed by atoms with Crippen LogP contribution in [0.2, 0.25) is 0 Å². The van der Waals surface area contributed by atoms with E-state index in [1.54, 1.807) is 26.4 Å². The standard InChI is InChI=1S/C21H22N2O4S/c1-5-14-6-8-15(9-7-14)19(24)13(2)28-21-23-22-20(27-21)16-10-11-17(25-3)18(12-16)26-4/h6-13H,5H2,1-4H3/t13-/m1/s1. The summed E-state index contributed by atoms with van der Waals surface area (Å²) in [4.78, 5) is 12.6. The average Bonchev–Trinajstić information content (AvgIpc) is 3.21. The van der Waals surface area contributed by atoms with Crippen molar-refractivity contribution < 1.29 is 18.7 Å². The van der Waals surface area contributed by atoms with Crippen LogP contribution in [0.1, 0.15) is 29.8 Å². The van der Waals surface area contributed by atoms with Crippen molar-refractivity contribution in [2.24, 2.45) is 0 Å². The number of ether oxygens (including phenoxy) is 2. The van der Waals surface area contributed by atoms with E-state index in [4.69, 9.17) is 13.9 Å². The van der Waals surface area contributed by atoms with Gasteiger partial charge in [-0.2, -0.15) is 0 Å². The summed E-state index contributed by atoms with van der Waals surface area (Å²) in [7, 11) is 3.14. The van der Waals surface area contributed by atoms with Crippen LogP contribution in [0.15, 0.2) is 52.1 Å². The Kier molecular flexibility index (Phi) is 6.36. The predicted octanol–water partition coefficient (Wildman–Crippen LogP) is 4.68. The van der Waals surface area contributed by atoms with Gasteiger partial charge in [-0.05, 0) is 37.1 Å². The summed E-state index contributed by atoms with van der Waals surface area (Å²) in [6.07, 6.45) is 0.944. The second kappa shape index (κ2) is 8.93. The Morgan fingerprint density at radius 2 is 1.79 bits per heavy atom. The van der Waals surface area contributed by atoms with E-state index in [2.05, 4.69) is 17.1 Å². The number of hydrogen-bond acceptors (Lipinski definition) is 7. The number of nitrogens with zero attached hydrogens (tertiary/aromatic N) is 2. The molecule has 0 saturated carbocycles. The largest absolute Gasteiger partial charge is 0.493 e. The summed E-state index contributed by atoms with van der Waals surface area (Å²) in [5, 5.41) is 8.14. The molecule has 0 aliphatic carbocycles. The van der Waals surface area contributed by atoms with Crippen LogP contribution in [0.5, 0.6) is 11.5 Å². The molecule has 0 spiro atoms. The first-order chi connectivity index (χ1) is 13.5. The molecule has 0 saturated heterocycles. The molecule has 0 aliphatic heterocycles. The molecule has 3 rings (SSSR count). The van der Waals surface area contributed by atoms with E-state index < -0.39 is 0 Å². The number of hydrogen-bond donors (Lipinski definition) is 0. The molecule has 6 nitrogen and oxygen atoms in total. The fraction of sp³-hybridized carbons (Fsp3) is 0.286. The van der Waals surface area contributed by atoms with Crippen LogP contribution in [0.3, 0.4) is 0 Å². The summed E-state index contributed by atoms with van der Waals surface area (Å²) in [6, 6.07) is 13.0. The van der Waals surface area contributed by atoms with E-state index in [0.717, 1.165) is 6.42 Å². The zero-order chi connectivity index (χ0) is 20.1. The van der Waals surface area contributed by atoms with E-state index >= 15 is 0 Å². The fourth-order valence-electron chi connectivity index (χ4n) is 2.69. The van der Waals surface area contributed by atoms with Gasteiger partial charge in [0.25, 0.3) is 5.22 Å². The lowest BCUT2D eigenvalue weighted by atomic mass is 10.1. The third-order valence-corrected chi connectivity index (χ3v) is 5.26. The Bertz CT molecular complexity index is 953. The first kappa shape index (κ1) is 19.9. The molecule has 28 heavy (non-hydrogen) atoms. The molecule has 0 unspecified atom stereocenters. The fourth-order valence-corrected chi connectivity index (χ4v) is 3.45. The molecule has 1 atom stereocenters. The van der Waals surface area contributed by atoms with E-state index in [0.29, 0.717) is 33.7 Å². The summed E-state index contributed by atoms with van der Waals surface area (Å²) >= 11 is 1.24. The number of benzene rings is 2. The minimum Gasteiger partial charge on any atom is -0.493 e. The Hall–Kier alpha value is -2.80. The van der Waals surface area contributed by atoms with Crippen molar-refractivity contribution in [3.05, 3.63) is 53.6 Å². The number of methoxy groups -OCH3 is 2. The lowest BCUT2D eigenvalue weighted by Gasteiger charge is -2.08. The van der Waals surface area contributed by atoms with E-state index in [9.17, 15) is 4.79 Å². The van der Waals surface area contributed by atoms with Gasteiger partial charge in [0.15, 0.2) is 17.3 Å². The highest BCUT2D eigenvalue weighted by Gasteiger charge is 2.20. The Labute approximate surface area is 168 Å². The van der Waals surface area contributed by atoms with Crippen LogP contribution in [0.4, 0.5) is 0 Å². The highest BCUT2D eigenvalue weighted by molar-refractivity contribution is 8.00. The van der Waals surface area contributed by atoms with E-state index in [1.165, 1.54) is 17.3 Å². The number of rotatable bonds is 8. The molecule has 0 amide bonds. The average molecular weight is 398 g/mol. The topological polar surface area (TPSA) is 74.5 Å². The first-order valence-corrected chi connectivity index (χ1v) is 9.79. The highest BCUT2D eigenvalue weighted by atomic mass is 32.2. The number of aryl methyl sites for hydroxylation is 1. The van der Waals surface area contributed by atoms with Crippen molar-refractivity contribution in [3.8, 4) is 23.0 Å². The Morgan fingerprint density at radius 3 is 2.43 bits per heavy atom. The quantitative estimate of drug-likeness (QED) is 0.403. The minimum absolute atomic E-state index is 0.0264. The number of ketones is 1. The molecule has 3 aromatic rings. The first-order valence-electron chi connectivity index (χ1n) is 8.91. The summed E-state index contributed by atoms with van der Waals surface area (Å²) in [6.45, 7) is 3.92. The van der Waals surface area contributed by atoms with Gasteiger partial charge >= 0.3 is 0 Å². The van der Waals surface area contributed by atoms with Gasteiger partial charge in [-0.25, -0.2) is 0 Å². The second-order valence-corrected chi connectivity index (χ2v) is 7.41. The molecule has 2 aromatic carbocycles. The molecule has 0 radical (unpaired) electrons. The molecule has 0 fully saturated rings. The number of aromatic nitrogens is 2. The molecule has 7 heteroatoms. The van der Waals surface area contributed by atoms with Gasteiger partial charge < -0.3 is 13.9 Å². The zero-order valence-corrected chi connectivity index (χ0v) is 17.1. The maximum absolute atomic E-state index is 12.6. The van der Waals surface area contributed by atoms with Crippen molar-refractivity contribution >= 4 is 17.5 Å². The lowest BCUT2D eigenvalue weighted by molar-refractivity contribution is 0.0993. The summed E-state index contributed by atoms with van der Waals surface area (Å²) in [5.74, 6) is 1.58. The van der Waals surface area contributed by atoms with Gasteiger partial charge in [-0.15, -0.1) is 10.2 Å². The lowest BCUT2D eigenvalue weighted by Crippen LogP contribution is -2.13. The van der Waals surface area contributed by atoms with Gasteiger partial charge in [-0.1, -0.05) is 43.0 Å². The van der Waals surface area contributed by atoms with Crippen molar-refractivity contribution in [2.75, 3.05) is 14.2 Å². The van der Waals surface area contributed by atoms with Crippen molar-refractivity contribution in [2.45, 2.75) is 30.7 Å². The maximum atomic E-state index is 12.6. The van der Waals surface area contributed by atoms with Crippen molar-refractivity contribution in [1.82, 2.24) is 10.2 Å². The van der Waals surface area contributed by atoms with E-state index in [-0.39, 0.29) is 11.0 Å². The molecule has 1 aromatic heterocycles. The summed E-state index contributed by atoms with van der Waals surface area (Å²) in [5.41, 5.74) is 2.59. The Morgan fingerprint density at radius 1 is 1.07 bits per heavy atom. The van der Waals surface area contributed by atoms with Crippen LogP contribution < -0.4 is 9.47 Å². The van der Waals surface area contributed by atoms with Crippen LogP contribution in [-0.4, -0.2) is 35.5 Å². The minimum atomic E-state index is -0.341. The van der Waals surface area contributed by atoms with Gasteiger partial charge in [0, 0.05) is 11.1 Å². The van der Waals surface area contributed by atoms with Crippen LogP contribution >= 0.6 is 11.8 Å². The normalized spacial score (nSPS) is 11.9. The van der Waals surface area contributed by atoms with Crippen LogP contribution in [0, 0.1) is 0 Å². The third kappa shape index (κ3) is 4.36. The molecule has 146 valence electrons. The second-order valence-electron chi connectivity index (χ2n) is 6.12. The third-order valence-electron chi connectivity index (χ3n) is 4.33. The number of carbonyl (C=O) groups excluding carboxylic acids is 1. The van der Waals surface area contributed by atoms with Crippen LogP contribution in [0.25, 0.3) is 11.5 Å². The van der Waals surface area contributed by atoms with E-state index in [1.807, 2.05) is 37.3 Å². The zero-order valence-electron chi connectivity index (χ0n) is 16.3. The monoisotopic (exact) mass is 398 g/mol. The molecular formula is C21H22N2O4S. The maximum Gasteiger partial charge on any atom is 0.277 e. The SMILES string of the molecule is CCc1ccc(C(=O)[C@@H](C)Sc2nnc(-c3ccc(OC)c(OC)c3)o2)cc1. The molecular weight excluding hydrogens is 376 g/mol. The summed E-state index contributed by atoms with van der Waals surface area (Å²) < 4.78 is 16.3. The van der Waals surface area contributed by atoms with Crippen molar-refractivity contribution in [1.29, 1.82) is 0 Å². The van der Waals surface area contributed by atoms with Crippen molar-refractivity contribution in [3.63, 3.8) is 0 Å². The number of thioether (sulfide) groups is 1. The number of carbonyl (C=O) groups is 1. The number of Topliss-reactive ketones (excluding diaryl/α,β-unsaturated/α-hetero) is 1. The van der Waals surface area contributed by atoms with Gasteiger partial charge in [0.05, 0.1) is 19.5 Å². The smallest absolute Gasteiger partial charge is 0.277 e.